The second kappa shape index (κ2) is 6.19. The third-order valence-electron chi connectivity index (χ3n) is 4.83. The lowest BCUT2D eigenvalue weighted by Crippen LogP contribution is -2.46. The van der Waals surface area contributed by atoms with Gasteiger partial charge in [0, 0.05) is 18.6 Å². The van der Waals surface area contributed by atoms with E-state index < -0.39 is 0 Å². The zero-order valence-electron chi connectivity index (χ0n) is 11.9. The molecule has 1 aliphatic heterocycles. The van der Waals surface area contributed by atoms with Crippen LogP contribution in [0.4, 0.5) is 0 Å². The van der Waals surface area contributed by atoms with Crippen molar-refractivity contribution < 1.29 is 0 Å². The van der Waals surface area contributed by atoms with E-state index in [1.54, 1.807) is 0 Å². The summed E-state index contributed by atoms with van der Waals surface area (Å²) in [6.07, 6.45) is 7.08. The smallest absolute Gasteiger partial charge is 0.0124 e. The van der Waals surface area contributed by atoms with E-state index in [0.717, 1.165) is 23.9 Å². The fourth-order valence-electron chi connectivity index (χ4n) is 3.71. The molecule has 0 bridgehead atoms. The molecule has 0 spiro atoms. The van der Waals surface area contributed by atoms with Crippen LogP contribution in [0.25, 0.3) is 0 Å². The topological polar surface area (TPSA) is 15.3 Å². The molecule has 1 aliphatic carbocycles. The summed E-state index contributed by atoms with van der Waals surface area (Å²) < 4.78 is 0. The van der Waals surface area contributed by atoms with Crippen LogP contribution in [0.5, 0.6) is 0 Å². The predicted octanol–water partition coefficient (Wildman–Crippen LogP) is 2.89. The van der Waals surface area contributed by atoms with Crippen LogP contribution in [-0.4, -0.2) is 36.6 Å². The summed E-state index contributed by atoms with van der Waals surface area (Å²) in [5.41, 5.74) is 0. The minimum absolute atomic E-state index is 0.718. The normalized spacial score (nSPS) is 31.6. The minimum atomic E-state index is 0.718. The Morgan fingerprint density at radius 1 is 1.12 bits per heavy atom. The Morgan fingerprint density at radius 3 is 2.35 bits per heavy atom. The molecule has 2 fully saturated rings. The molecule has 0 radical (unpaired) electrons. The number of nitrogens with zero attached hydrogens (tertiary/aromatic N) is 1. The first kappa shape index (κ1) is 13.4. The summed E-state index contributed by atoms with van der Waals surface area (Å²) in [5, 5.41) is 3.48. The first-order chi connectivity index (χ1) is 8.18. The number of hydrogen-bond acceptors (Lipinski definition) is 2. The molecule has 1 saturated carbocycles. The van der Waals surface area contributed by atoms with Gasteiger partial charge < -0.3 is 5.32 Å². The Bertz CT molecular complexity index is 221. The van der Waals surface area contributed by atoms with Gasteiger partial charge in [0.15, 0.2) is 0 Å². The number of hydrogen-bond donors (Lipinski definition) is 1. The van der Waals surface area contributed by atoms with Crippen LogP contribution < -0.4 is 5.32 Å². The molecule has 2 atom stereocenters. The van der Waals surface area contributed by atoms with Crippen molar-refractivity contribution in [1.82, 2.24) is 10.2 Å². The van der Waals surface area contributed by atoms with Crippen molar-refractivity contribution in [2.75, 3.05) is 19.6 Å². The number of nitrogens with one attached hydrogen (secondary N) is 1. The molecule has 100 valence electrons. The highest BCUT2D eigenvalue weighted by atomic mass is 15.2. The lowest BCUT2D eigenvalue weighted by molar-refractivity contribution is 0.0970. The lowest BCUT2D eigenvalue weighted by atomic mass is 9.94. The molecule has 2 heteroatoms. The van der Waals surface area contributed by atoms with Gasteiger partial charge in [0.2, 0.25) is 0 Å². The second-order valence-electron chi connectivity index (χ2n) is 6.46. The Morgan fingerprint density at radius 2 is 1.82 bits per heavy atom. The number of piperidine rings is 1. The third kappa shape index (κ3) is 3.45. The Kier molecular flexibility index (Phi) is 4.87. The van der Waals surface area contributed by atoms with Gasteiger partial charge in [0.25, 0.3) is 0 Å². The predicted molar refractivity (Wildman–Crippen MR) is 74.2 cm³/mol. The van der Waals surface area contributed by atoms with E-state index in [1.165, 1.54) is 51.7 Å². The van der Waals surface area contributed by atoms with Gasteiger partial charge in [-0.3, -0.25) is 4.90 Å². The minimum Gasteiger partial charge on any atom is -0.317 e. The standard InChI is InChI=1S/C15H30N2/c1-12(2)17(15-6-4-5-13(15)3)11-14-7-9-16-10-8-14/h12-16H,4-11H2,1-3H3. The molecule has 2 rings (SSSR count). The first-order valence-corrected chi connectivity index (χ1v) is 7.65. The van der Waals surface area contributed by atoms with E-state index in [0.29, 0.717) is 0 Å². The van der Waals surface area contributed by atoms with Crippen LogP contribution in [-0.2, 0) is 0 Å². The summed E-state index contributed by atoms with van der Waals surface area (Å²) in [5.74, 6) is 1.85. The van der Waals surface area contributed by atoms with Crippen molar-refractivity contribution in [3.63, 3.8) is 0 Å². The average molecular weight is 238 g/mol. The first-order valence-electron chi connectivity index (χ1n) is 7.65. The summed E-state index contributed by atoms with van der Waals surface area (Å²) in [7, 11) is 0. The van der Waals surface area contributed by atoms with E-state index >= 15 is 0 Å². The molecule has 1 heterocycles. The largest absolute Gasteiger partial charge is 0.317 e. The summed E-state index contributed by atoms with van der Waals surface area (Å²) in [6, 6.07) is 1.58. The molecule has 0 aromatic heterocycles. The maximum Gasteiger partial charge on any atom is 0.0124 e. The van der Waals surface area contributed by atoms with Gasteiger partial charge in [0.1, 0.15) is 0 Å². The van der Waals surface area contributed by atoms with Gasteiger partial charge in [-0.05, 0) is 64.5 Å². The summed E-state index contributed by atoms with van der Waals surface area (Å²) >= 11 is 0. The van der Waals surface area contributed by atoms with E-state index in [1.807, 2.05) is 0 Å². The van der Waals surface area contributed by atoms with Crippen LogP contribution in [0.1, 0.15) is 52.9 Å². The fraction of sp³-hybridized carbons (Fsp3) is 1.00. The molecule has 2 aliphatic rings. The lowest BCUT2D eigenvalue weighted by Gasteiger charge is -2.38. The molecular weight excluding hydrogens is 208 g/mol. The van der Waals surface area contributed by atoms with Crippen molar-refractivity contribution in [3.8, 4) is 0 Å². The molecule has 17 heavy (non-hydrogen) atoms. The van der Waals surface area contributed by atoms with E-state index in [-0.39, 0.29) is 0 Å². The quantitative estimate of drug-likeness (QED) is 0.810. The van der Waals surface area contributed by atoms with Crippen LogP contribution in [0, 0.1) is 11.8 Å². The molecule has 1 N–H and O–H groups in total. The number of rotatable bonds is 4. The Balaban J connectivity index is 1.91. The second-order valence-corrected chi connectivity index (χ2v) is 6.46. The molecule has 2 nitrogen and oxygen atoms in total. The van der Waals surface area contributed by atoms with Gasteiger partial charge in [-0.2, -0.15) is 0 Å². The maximum absolute atomic E-state index is 3.48. The average Bonchev–Trinajstić information content (AvgIpc) is 2.73. The van der Waals surface area contributed by atoms with Gasteiger partial charge in [-0.1, -0.05) is 13.3 Å². The van der Waals surface area contributed by atoms with E-state index in [9.17, 15) is 0 Å². The molecule has 0 aromatic rings. The summed E-state index contributed by atoms with van der Waals surface area (Å²) in [6.45, 7) is 11.0. The highest BCUT2D eigenvalue weighted by Crippen LogP contribution is 2.32. The zero-order chi connectivity index (χ0) is 12.3. The van der Waals surface area contributed by atoms with Crippen molar-refractivity contribution >= 4 is 0 Å². The molecule has 0 amide bonds. The van der Waals surface area contributed by atoms with Crippen molar-refractivity contribution in [1.29, 1.82) is 0 Å². The van der Waals surface area contributed by atoms with Crippen LogP contribution in [0.15, 0.2) is 0 Å². The van der Waals surface area contributed by atoms with Gasteiger partial charge in [-0.15, -0.1) is 0 Å². The van der Waals surface area contributed by atoms with Crippen LogP contribution in [0.3, 0.4) is 0 Å². The van der Waals surface area contributed by atoms with Crippen LogP contribution in [0.2, 0.25) is 0 Å². The van der Waals surface area contributed by atoms with Gasteiger partial charge in [-0.25, -0.2) is 0 Å². The molecule has 1 saturated heterocycles. The fourth-order valence-corrected chi connectivity index (χ4v) is 3.71. The van der Waals surface area contributed by atoms with Gasteiger partial charge >= 0.3 is 0 Å². The van der Waals surface area contributed by atoms with E-state index in [4.69, 9.17) is 0 Å². The zero-order valence-corrected chi connectivity index (χ0v) is 11.9. The molecule has 2 unspecified atom stereocenters. The third-order valence-corrected chi connectivity index (χ3v) is 4.83. The highest BCUT2D eigenvalue weighted by molar-refractivity contribution is 4.86. The SMILES string of the molecule is CC1CCCC1N(CC1CCNCC1)C(C)C. The maximum atomic E-state index is 3.48. The van der Waals surface area contributed by atoms with Crippen molar-refractivity contribution in [3.05, 3.63) is 0 Å². The summed E-state index contributed by atoms with van der Waals surface area (Å²) in [4.78, 5) is 2.81. The Hall–Kier alpha value is -0.0800. The molecular formula is C15H30N2. The van der Waals surface area contributed by atoms with Crippen molar-refractivity contribution in [2.24, 2.45) is 11.8 Å². The Labute approximate surface area is 107 Å². The highest BCUT2D eigenvalue weighted by Gasteiger charge is 2.31. The monoisotopic (exact) mass is 238 g/mol. The van der Waals surface area contributed by atoms with Gasteiger partial charge in [0.05, 0.1) is 0 Å². The van der Waals surface area contributed by atoms with E-state index in [2.05, 4.69) is 31.0 Å². The van der Waals surface area contributed by atoms with Crippen LogP contribution >= 0.6 is 0 Å². The van der Waals surface area contributed by atoms with Crippen molar-refractivity contribution in [2.45, 2.75) is 65.0 Å². The molecule has 0 aromatic carbocycles.